The average molecular weight is 781 g/mol. The van der Waals surface area contributed by atoms with E-state index in [9.17, 15) is 14.7 Å². The van der Waals surface area contributed by atoms with E-state index < -0.39 is 45.9 Å². The van der Waals surface area contributed by atoms with Crippen molar-refractivity contribution in [2.45, 2.75) is 93.9 Å². The number of hydrogen-bond acceptors (Lipinski definition) is 11. The lowest BCUT2D eigenvalue weighted by atomic mass is 9.48. The van der Waals surface area contributed by atoms with Crippen LogP contribution in [0.1, 0.15) is 75.3 Å². The molecule has 2 N–H and O–H groups in total. The Kier molecular flexibility index (Phi) is 8.92. The van der Waals surface area contributed by atoms with Crippen LogP contribution >= 0.6 is 0 Å². The molecule has 304 valence electrons. The van der Waals surface area contributed by atoms with Gasteiger partial charge in [-0.25, -0.2) is 4.79 Å². The third-order valence-corrected chi connectivity index (χ3v) is 15.3. The van der Waals surface area contributed by atoms with Gasteiger partial charge in [0, 0.05) is 84.4 Å². The standard InChI is InChI=1S/C45H56N4O8/c1-8-27-20-28-23-44(40(51)55-6,36-30(14-17-48(24-27)25-28)29-12-10-11-13-33(29)46-36)32-21-31-34(22-35(32)54-5)47(4)38-43(31)16-19-49-18-15-42(9-2,37(43)49)39(57-26(3)50)45(38,53)41(52)56-7/h10-13,20-22,28,37-39,46,53H,8-9,14-19,23-25H2,1-7H3/t28-,37-,38+,39+,42+,43+,44-,45-/m0/s1. The smallest absolute Gasteiger partial charge is 0.344 e. The quantitative estimate of drug-likeness (QED) is 0.198. The highest BCUT2D eigenvalue weighted by atomic mass is 16.6. The third-order valence-electron chi connectivity index (χ3n) is 15.3. The van der Waals surface area contributed by atoms with E-state index in [2.05, 4.69) is 52.9 Å². The van der Waals surface area contributed by atoms with Crippen molar-refractivity contribution in [3.8, 4) is 5.75 Å². The van der Waals surface area contributed by atoms with Gasteiger partial charge in [0.05, 0.1) is 27.4 Å². The predicted molar refractivity (Wildman–Crippen MR) is 214 cm³/mol. The molecule has 1 unspecified atom stereocenters. The van der Waals surface area contributed by atoms with E-state index in [1.54, 1.807) is 7.11 Å². The molecule has 1 aliphatic carbocycles. The van der Waals surface area contributed by atoms with Crippen LogP contribution in [0.4, 0.5) is 5.69 Å². The van der Waals surface area contributed by atoms with Crippen molar-refractivity contribution in [1.82, 2.24) is 14.8 Å². The normalized spacial score (nSPS) is 35.2. The summed E-state index contributed by atoms with van der Waals surface area (Å²) in [7, 11) is 6.28. The second-order valence-electron chi connectivity index (χ2n) is 17.5. The molecule has 1 aromatic heterocycles. The number of fused-ring (bicyclic) bond motifs is 6. The number of ether oxygens (including phenoxy) is 4. The number of rotatable bonds is 7. The molecular formula is C45H56N4O8. The first-order valence-corrected chi connectivity index (χ1v) is 20.7. The molecule has 3 aromatic rings. The van der Waals surface area contributed by atoms with Gasteiger partial charge in [0.25, 0.3) is 0 Å². The van der Waals surface area contributed by atoms with Crippen molar-refractivity contribution >= 4 is 34.5 Å². The number of carbonyl (C=O) groups is 3. The molecule has 2 saturated heterocycles. The number of para-hydroxylation sites is 1. The number of H-pyrrole nitrogens is 1. The van der Waals surface area contributed by atoms with Crippen molar-refractivity contribution in [3.63, 3.8) is 0 Å². The van der Waals surface area contributed by atoms with Gasteiger partial charge in [0.1, 0.15) is 11.2 Å². The summed E-state index contributed by atoms with van der Waals surface area (Å²) in [5.41, 5.74) is 1.53. The van der Waals surface area contributed by atoms with E-state index in [1.165, 1.54) is 26.7 Å². The maximum Gasteiger partial charge on any atom is 0.344 e. The minimum atomic E-state index is -2.22. The molecule has 1 spiro atoms. The highest BCUT2D eigenvalue weighted by Crippen LogP contribution is 2.69. The fourth-order valence-corrected chi connectivity index (χ4v) is 13.3. The molecule has 2 aromatic carbocycles. The summed E-state index contributed by atoms with van der Waals surface area (Å²) in [5, 5.41) is 14.3. The average Bonchev–Trinajstić information content (AvgIpc) is 3.97. The number of nitrogens with zero attached hydrogens (tertiary/aromatic N) is 3. The Bertz CT molecular complexity index is 2200. The second-order valence-corrected chi connectivity index (χ2v) is 17.5. The summed E-state index contributed by atoms with van der Waals surface area (Å²) >= 11 is 0. The molecular weight excluding hydrogens is 725 g/mol. The summed E-state index contributed by atoms with van der Waals surface area (Å²) in [6, 6.07) is 11.4. The minimum absolute atomic E-state index is 0.0323. The number of likely N-dealkylation sites (N-methyl/N-ethyl adjacent to an activating group) is 1. The SMILES string of the molecule is CCC1=C[C@@H]2CN(CCc3c([nH]c4ccccc34)[C@@](C(=O)OC)(c3cc4c(cc3OC)N(C)[C@H]3[C@@](O)(C(=O)OC)[C@H](OC(C)=O)[C@]5(CC)CCN6CC[C@]43[C@@H]65)C2)C1. The largest absolute Gasteiger partial charge is 0.496 e. The number of methoxy groups -OCH3 is 3. The molecule has 9 atom stereocenters. The van der Waals surface area contributed by atoms with Gasteiger partial charge in [0.15, 0.2) is 6.10 Å². The minimum Gasteiger partial charge on any atom is -0.496 e. The van der Waals surface area contributed by atoms with Gasteiger partial charge in [-0.1, -0.05) is 43.7 Å². The Morgan fingerprint density at radius 3 is 2.42 bits per heavy atom. The number of esters is 3. The van der Waals surface area contributed by atoms with Crippen LogP contribution in [0.25, 0.3) is 10.9 Å². The van der Waals surface area contributed by atoms with Crippen molar-refractivity contribution in [3.05, 3.63) is 70.4 Å². The first-order valence-electron chi connectivity index (χ1n) is 20.7. The van der Waals surface area contributed by atoms with Crippen molar-refractivity contribution < 1.29 is 38.4 Å². The van der Waals surface area contributed by atoms with E-state index >= 15 is 4.79 Å². The second kappa shape index (κ2) is 13.3. The summed E-state index contributed by atoms with van der Waals surface area (Å²) < 4.78 is 24.0. The number of nitrogens with one attached hydrogen (secondary N) is 1. The first kappa shape index (κ1) is 38.1. The maximum atomic E-state index is 15.2. The van der Waals surface area contributed by atoms with Crippen molar-refractivity contribution in [2.75, 3.05) is 66.0 Å². The first-order chi connectivity index (χ1) is 27.4. The van der Waals surface area contributed by atoms with Crippen LogP contribution in [0.3, 0.4) is 0 Å². The van der Waals surface area contributed by atoms with Gasteiger partial charge in [-0.15, -0.1) is 0 Å². The highest BCUT2D eigenvalue weighted by Gasteiger charge is 2.81. The molecule has 12 heteroatoms. The Labute approximate surface area is 334 Å². The van der Waals surface area contributed by atoms with E-state index in [0.717, 1.165) is 79.0 Å². The fraction of sp³-hybridized carbons (Fsp3) is 0.578. The van der Waals surface area contributed by atoms with E-state index in [0.29, 0.717) is 37.0 Å². The lowest BCUT2D eigenvalue weighted by Crippen LogP contribution is -2.79. The summed E-state index contributed by atoms with van der Waals surface area (Å²) in [5.74, 6) is -1.21. The number of hydrogen-bond donors (Lipinski definition) is 2. The molecule has 3 fully saturated rings. The monoisotopic (exact) mass is 780 g/mol. The van der Waals surface area contributed by atoms with Gasteiger partial charge in [-0.05, 0) is 80.8 Å². The van der Waals surface area contributed by atoms with Crippen LogP contribution in [-0.2, 0) is 45.8 Å². The van der Waals surface area contributed by atoms with Gasteiger partial charge < -0.3 is 33.9 Å². The molecule has 0 radical (unpaired) electrons. The molecule has 1 saturated carbocycles. The Hall–Kier alpha value is -4.39. The number of aromatic amines is 1. The zero-order valence-corrected chi connectivity index (χ0v) is 34.3. The van der Waals surface area contributed by atoms with E-state index in [-0.39, 0.29) is 17.9 Å². The maximum absolute atomic E-state index is 15.2. The van der Waals surface area contributed by atoms with Gasteiger partial charge >= 0.3 is 17.9 Å². The Balaban J connectivity index is 1.36. The lowest BCUT2D eigenvalue weighted by Gasteiger charge is -2.61. The molecule has 9 rings (SSSR count). The topological polar surface area (TPSA) is 134 Å². The van der Waals surface area contributed by atoms with Crippen LogP contribution in [0.5, 0.6) is 5.75 Å². The molecule has 6 heterocycles. The van der Waals surface area contributed by atoms with Crippen LogP contribution in [-0.4, -0.2) is 123 Å². The summed E-state index contributed by atoms with van der Waals surface area (Å²) in [4.78, 5) is 53.3. The number of benzene rings is 2. The lowest BCUT2D eigenvalue weighted by molar-refractivity contribution is -0.229. The molecule has 57 heavy (non-hydrogen) atoms. The fourth-order valence-electron chi connectivity index (χ4n) is 13.3. The molecule has 0 amide bonds. The molecule has 5 aliphatic heterocycles. The van der Waals surface area contributed by atoms with Gasteiger partial charge in [-0.3, -0.25) is 19.4 Å². The third kappa shape index (κ3) is 4.86. The van der Waals surface area contributed by atoms with Crippen LogP contribution in [0.15, 0.2) is 48.0 Å². The summed E-state index contributed by atoms with van der Waals surface area (Å²) in [6.07, 6.45) is 5.18. The van der Waals surface area contributed by atoms with Crippen molar-refractivity contribution in [2.24, 2.45) is 11.3 Å². The zero-order valence-electron chi connectivity index (χ0n) is 34.3. The van der Waals surface area contributed by atoms with Gasteiger partial charge in [0.2, 0.25) is 5.60 Å². The predicted octanol–water partition coefficient (Wildman–Crippen LogP) is 4.63. The van der Waals surface area contributed by atoms with Crippen LogP contribution in [0, 0.1) is 11.3 Å². The van der Waals surface area contributed by atoms with E-state index in [4.69, 9.17) is 18.9 Å². The molecule has 2 bridgehead atoms. The number of aliphatic hydroxyl groups is 1. The van der Waals surface area contributed by atoms with Crippen molar-refractivity contribution in [1.29, 1.82) is 0 Å². The zero-order chi connectivity index (χ0) is 40.2. The number of anilines is 1. The van der Waals surface area contributed by atoms with Crippen LogP contribution < -0.4 is 9.64 Å². The highest BCUT2D eigenvalue weighted by molar-refractivity contribution is 5.95. The number of carbonyl (C=O) groups excluding carboxylic acids is 3. The molecule has 6 aliphatic rings. The Morgan fingerprint density at radius 2 is 1.72 bits per heavy atom. The Morgan fingerprint density at radius 1 is 0.965 bits per heavy atom. The van der Waals surface area contributed by atoms with Gasteiger partial charge in [-0.2, -0.15) is 0 Å². The summed E-state index contributed by atoms with van der Waals surface area (Å²) in [6.45, 7) is 9.63. The molecule has 12 nitrogen and oxygen atoms in total. The number of aromatic nitrogens is 1. The van der Waals surface area contributed by atoms with E-state index in [1.807, 2.05) is 30.1 Å². The van der Waals surface area contributed by atoms with Crippen LogP contribution in [0.2, 0.25) is 0 Å².